The first kappa shape index (κ1) is 33.9. The van der Waals surface area contributed by atoms with Crippen LogP contribution in [0.2, 0.25) is 0 Å². The number of phenolic OH excluding ortho intramolecular Hbond substituents is 2. The largest absolute Gasteiger partial charge is 0.504 e. The van der Waals surface area contributed by atoms with Crippen LogP contribution in [-0.4, -0.2) is 62.1 Å². The average molecular weight is 591 g/mol. The van der Waals surface area contributed by atoms with E-state index in [1.807, 2.05) is 0 Å². The van der Waals surface area contributed by atoms with Crippen molar-refractivity contribution in [2.45, 2.75) is 146 Å². The van der Waals surface area contributed by atoms with E-state index in [4.69, 9.17) is 14.2 Å². The van der Waals surface area contributed by atoms with Crippen molar-refractivity contribution >= 4 is 18.0 Å². The number of esters is 2. The molecule has 1 aliphatic carbocycles. The molecule has 0 unspecified atom stereocenters. The molecule has 1 aromatic rings. The molecule has 1 aromatic carbocycles. The molecule has 1 spiro atoms. The van der Waals surface area contributed by atoms with Crippen LogP contribution >= 0.6 is 0 Å². The fourth-order valence-corrected chi connectivity index (χ4v) is 5.95. The average Bonchev–Trinajstić information content (AvgIpc) is 3.21. The van der Waals surface area contributed by atoms with Gasteiger partial charge in [0.1, 0.15) is 12.2 Å². The predicted octanol–water partition coefficient (Wildman–Crippen LogP) is 6.05. The van der Waals surface area contributed by atoms with Gasteiger partial charge in [-0.25, -0.2) is 9.59 Å². The van der Waals surface area contributed by atoms with Crippen molar-refractivity contribution in [2.24, 2.45) is 0 Å². The molecular formula is C33H50O9. The fraction of sp³-hybridized carbons (Fsp3) is 0.697. The Hall–Kier alpha value is -2.62. The van der Waals surface area contributed by atoms with Gasteiger partial charge >= 0.3 is 11.9 Å². The maximum absolute atomic E-state index is 13.4. The smallest absolute Gasteiger partial charge is 0.341 e. The second-order valence-corrected chi connectivity index (χ2v) is 12.0. The number of carbonyl (C=O) groups is 2. The molecule has 2 aliphatic rings. The third-order valence-corrected chi connectivity index (χ3v) is 8.38. The molecule has 236 valence electrons. The van der Waals surface area contributed by atoms with Crippen molar-refractivity contribution in [1.82, 2.24) is 0 Å². The predicted molar refractivity (Wildman–Crippen MR) is 159 cm³/mol. The summed E-state index contributed by atoms with van der Waals surface area (Å²) in [6.45, 7) is 4.36. The van der Waals surface area contributed by atoms with Crippen LogP contribution in [0.25, 0.3) is 6.08 Å². The van der Waals surface area contributed by atoms with Crippen LogP contribution < -0.4 is 0 Å². The molecule has 0 bridgehead atoms. The molecule has 2 fully saturated rings. The van der Waals surface area contributed by atoms with Gasteiger partial charge in [-0.15, -0.1) is 0 Å². The van der Waals surface area contributed by atoms with Gasteiger partial charge in [-0.2, -0.15) is 0 Å². The van der Waals surface area contributed by atoms with Crippen LogP contribution in [0.1, 0.15) is 122 Å². The highest BCUT2D eigenvalue weighted by atomic mass is 16.8. The van der Waals surface area contributed by atoms with Crippen LogP contribution in [0.4, 0.5) is 0 Å². The number of aliphatic hydroxyl groups is 2. The minimum absolute atomic E-state index is 0.127. The van der Waals surface area contributed by atoms with E-state index >= 15 is 0 Å². The van der Waals surface area contributed by atoms with E-state index in [9.17, 15) is 30.0 Å². The van der Waals surface area contributed by atoms with Gasteiger partial charge in [-0.1, -0.05) is 84.1 Å². The molecule has 0 aromatic heterocycles. The summed E-state index contributed by atoms with van der Waals surface area (Å²) >= 11 is 0. The van der Waals surface area contributed by atoms with Crippen LogP contribution in [0, 0.1) is 0 Å². The Kier molecular flexibility index (Phi) is 13.1. The number of rotatable bonds is 17. The van der Waals surface area contributed by atoms with Crippen molar-refractivity contribution in [3.63, 3.8) is 0 Å². The summed E-state index contributed by atoms with van der Waals surface area (Å²) < 4.78 is 18.0. The highest BCUT2D eigenvalue weighted by Crippen LogP contribution is 2.47. The van der Waals surface area contributed by atoms with E-state index < -0.39 is 41.6 Å². The number of benzene rings is 1. The van der Waals surface area contributed by atoms with Crippen molar-refractivity contribution in [2.75, 3.05) is 0 Å². The van der Waals surface area contributed by atoms with Crippen molar-refractivity contribution in [1.29, 1.82) is 0 Å². The number of aliphatic hydroxyl groups excluding tert-OH is 2. The Morgan fingerprint density at radius 2 is 1.50 bits per heavy atom. The molecule has 1 heterocycles. The standard InChI is InChI=1S/C33H50O9/c1-3-5-7-9-11-13-19-33(20-14-12-10-8-6-4-2)41-31(39)32(42-33)22-27(36)30(38)28(23-32)40-29(37)18-16-24-15-17-25(34)26(35)21-24/h15-18,21,27-28,30,34-36,38H,3-14,19-20,22-23H2,1-2H3/b18-16+/t27-,28-,30-,32+/m1/s1. The summed E-state index contributed by atoms with van der Waals surface area (Å²) in [5, 5.41) is 40.5. The molecule has 0 radical (unpaired) electrons. The Bertz CT molecular complexity index is 1020. The Balaban J connectivity index is 1.68. The summed E-state index contributed by atoms with van der Waals surface area (Å²) in [5.74, 6) is -3.09. The van der Waals surface area contributed by atoms with Gasteiger partial charge in [-0.3, -0.25) is 0 Å². The summed E-state index contributed by atoms with van der Waals surface area (Å²) in [4.78, 5) is 26.1. The van der Waals surface area contributed by atoms with Gasteiger partial charge in [0.15, 0.2) is 17.1 Å². The SMILES string of the molecule is CCCCCCCCC1(CCCCCCCC)OC(=O)[C@@]2(C[C@@H](O)[C@@H](O)[C@H](OC(=O)/C=C/c3ccc(O)c(O)c3)C2)O1. The number of aromatic hydroxyl groups is 2. The first-order chi connectivity index (χ1) is 20.1. The number of hydrogen-bond acceptors (Lipinski definition) is 9. The zero-order valence-corrected chi connectivity index (χ0v) is 25.3. The third kappa shape index (κ3) is 9.44. The monoisotopic (exact) mass is 590 g/mol. The molecule has 1 saturated carbocycles. The van der Waals surface area contributed by atoms with Gasteiger partial charge in [0.25, 0.3) is 0 Å². The third-order valence-electron chi connectivity index (χ3n) is 8.38. The Morgan fingerprint density at radius 1 is 0.905 bits per heavy atom. The van der Waals surface area contributed by atoms with Crippen molar-refractivity contribution in [3.05, 3.63) is 29.8 Å². The van der Waals surface area contributed by atoms with Crippen molar-refractivity contribution < 1.29 is 44.2 Å². The summed E-state index contributed by atoms with van der Waals surface area (Å²) in [6, 6.07) is 4.07. The fourth-order valence-electron chi connectivity index (χ4n) is 5.95. The molecule has 1 saturated heterocycles. The quantitative estimate of drug-likeness (QED) is 0.0738. The lowest BCUT2D eigenvalue weighted by Gasteiger charge is -2.40. The molecular weight excluding hydrogens is 540 g/mol. The number of hydrogen-bond donors (Lipinski definition) is 4. The van der Waals surface area contributed by atoms with E-state index in [0.717, 1.165) is 44.6 Å². The minimum Gasteiger partial charge on any atom is -0.504 e. The molecule has 1 aliphatic heterocycles. The lowest BCUT2D eigenvalue weighted by atomic mass is 9.79. The van der Waals surface area contributed by atoms with Gasteiger partial charge in [-0.05, 0) is 36.6 Å². The van der Waals surface area contributed by atoms with E-state index in [1.165, 1.54) is 62.8 Å². The zero-order valence-electron chi connectivity index (χ0n) is 25.3. The van der Waals surface area contributed by atoms with E-state index in [-0.39, 0.29) is 24.3 Å². The second kappa shape index (κ2) is 16.3. The zero-order chi connectivity index (χ0) is 30.6. The van der Waals surface area contributed by atoms with E-state index in [0.29, 0.717) is 18.4 Å². The molecule has 4 N–H and O–H groups in total. The summed E-state index contributed by atoms with van der Waals surface area (Å²) in [7, 11) is 0. The number of ether oxygens (including phenoxy) is 3. The first-order valence-electron chi connectivity index (χ1n) is 15.8. The van der Waals surface area contributed by atoms with Gasteiger partial charge in [0.2, 0.25) is 5.79 Å². The first-order valence-corrected chi connectivity index (χ1v) is 15.8. The molecule has 0 amide bonds. The highest BCUT2D eigenvalue weighted by Gasteiger charge is 2.62. The minimum atomic E-state index is -1.51. The molecule has 3 rings (SSSR count). The van der Waals surface area contributed by atoms with Crippen LogP contribution in [0.15, 0.2) is 24.3 Å². The molecule has 9 heteroatoms. The lowest BCUT2D eigenvalue weighted by molar-refractivity contribution is -0.227. The molecule has 4 atom stereocenters. The number of carbonyl (C=O) groups excluding carboxylic acids is 2. The van der Waals surface area contributed by atoms with Crippen LogP contribution in [-0.2, 0) is 23.8 Å². The summed E-state index contributed by atoms with van der Waals surface area (Å²) in [6.07, 6.45) is 12.5. The molecule has 9 nitrogen and oxygen atoms in total. The van der Waals surface area contributed by atoms with Gasteiger partial charge < -0.3 is 34.6 Å². The van der Waals surface area contributed by atoms with E-state index in [2.05, 4.69) is 13.8 Å². The van der Waals surface area contributed by atoms with Crippen LogP contribution in [0.5, 0.6) is 11.5 Å². The van der Waals surface area contributed by atoms with Crippen molar-refractivity contribution in [3.8, 4) is 11.5 Å². The summed E-state index contributed by atoms with van der Waals surface area (Å²) in [5.41, 5.74) is -1.07. The Labute approximate surface area is 249 Å². The number of phenols is 2. The normalized spacial score (nSPS) is 25.2. The highest BCUT2D eigenvalue weighted by molar-refractivity contribution is 5.87. The van der Waals surface area contributed by atoms with Gasteiger partial charge in [0, 0.05) is 31.8 Å². The number of unbranched alkanes of at least 4 members (excludes halogenated alkanes) is 10. The second-order valence-electron chi connectivity index (χ2n) is 12.0. The maximum atomic E-state index is 13.4. The maximum Gasteiger partial charge on any atom is 0.341 e. The van der Waals surface area contributed by atoms with Gasteiger partial charge in [0.05, 0.1) is 6.10 Å². The Morgan fingerprint density at radius 3 is 2.10 bits per heavy atom. The lowest BCUT2D eigenvalue weighted by Crippen LogP contribution is -2.56. The topological polar surface area (TPSA) is 143 Å². The van der Waals surface area contributed by atoms with Crippen LogP contribution in [0.3, 0.4) is 0 Å². The number of cyclic esters (lactones) is 1. The van der Waals surface area contributed by atoms with E-state index in [1.54, 1.807) is 0 Å². The molecule has 42 heavy (non-hydrogen) atoms.